The van der Waals surface area contributed by atoms with Crippen molar-refractivity contribution >= 4 is 40.1 Å². The van der Waals surface area contributed by atoms with Crippen molar-refractivity contribution in [3.63, 3.8) is 0 Å². The Labute approximate surface area is 113 Å². The number of rotatable bonds is 8. The van der Waals surface area contributed by atoms with Gasteiger partial charge in [0.15, 0.2) is 0 Å². The lowest BCUT2D eigenvalue weighted by atomic mass is 10.3. The van der Waals surface area contributed by atoms with E-state index < -0.39 is 5.97 Å². The number of amides is 1. The molecular weight excluding hydrogens is 274 g/mol. The van der Waals surface area contributed by atoms with Gasteiger partial charge in [0, 0.05) is 6.42 Å². The summed E-state index contributed by atoms with van der Waals surface area (Å²) in [4.78, 5) is 21.7. The lowest BCUT2D eigenvalue weighted by Gasteiger charge is -2.01. The smallest absolute Gasteiger partial charge is 0.303 e. The third-order valence-corrected chi connectivity index (χ3v) is 3.73. The number of aryl methyl sites for hydroxylation is 1. The molecule has 1 amide bonds. The van der Waals surface area contributed by atoms with E-state index in [1.165, 1.54) is 23.1 Å². The number of unbranched alkanes of at least 4 members (excludes halogenated alkanes) is 1. The molecule has 0 aliphatic carbocycles. The van der Waals surface area contributed by atoms with Crippen LogP contribution in [0.2, 0.25) is 0 Å². The first-order valence-corrected chi connectivity index (χ1v) is 7.44. The van der Waals surface area contributed by atoms with Crippen molar-refractivity contribution in [1.29, 1.82) is 0 Å². The number of thioether (sulfide) groups is 1. The summed E-state index contributed by atoms with van der Waals surface area (Å²) in [7, 11) is 0. The van der Waals surface area contributed by atoms with Crippen LogP contribution in [-0.4, -0.2) is 38.7 Å². The lowest BCUT2D eigenvalue weighted by Crippen LogP contribution is -2.14. The first-order valence-electron chi connectivity index (χ1n) is 5.47. The van der Waals surface area contributed by atoms with Gasteiger partial charge in [-0.25, -0.2) is 0 Å². The minimum atomic E-state index is -0.774. The molecule has 0 aliphatic heterocycles. The van der Waals surface area contributed by atoms with Crippen LogP contribution in [0, 0.1) is 6.92 Å². The topological polar surface area (TPSA) is 92.2 Å². The third-order valence-electron chi connectivity index (χ3n) is 1.93. The molecule has 0 fully saturated rings. The van der Waals surface area contributed by atoms with Gasteiger partial charge in [0.25, 0.3) is 0 Å². The molecular formula is C10H15N3O3S2. The number of carbonyl (C=O) groups excluding carboxylic acids is 1. The van der Waals surface area contributed by atoms with Crippen molar-refractivity contribution in [1.82, 2.24) is 10.2 Å². The second kappa shape index (κ2) is 8.04. The Morgan fingerprint density at radius 2 is 2.17 bits per heavy atom. The number of hydrogen-bond acceptors (Lipinski definition) is 6. The van der Waals surface area contributed by atoms with Gasteiger partial charge in [-0.15, -0.1) is 10.2 Å². The summed E-state index contributed by atoms with van der Waals surface area (Å²) in [5.74, 6) is 0.264. The molecule has 100 valence electrons. The van der Waals surface area contributed by atoms with Crippen LogP contribution in [0.25, 0.3) is 0 Å². The lowest BCUT2D eigenvalue weighted by molar-refractivity contribution is -0.137. The fourth-order valence-corrected chi connectivity index (χ4v) is 2.57. The van der Waals surface area contributed by atoms with E-state index in [1.807, 2.05) is 6.92 Å². The van der Waals surface area contributed by atoms with Gasteiger partial charge >= 0.3 is 5.97 Å². The number of anilines is 1. The summed E-state index contributed by atoms with van der Waals surface area (Å²) in [5, 5.41) is 20.0. The van der Waals surface area contributed by atoms with Crippen LogP contribution in [0.1, 0.15) is 24.3 Å². The number of nitrogens with zero attached hydrogens (tertiary/aromatic N) is 2. The zero-order valence-corrected chi connectivity index (χ0v) is 11.6. The summed E-state index contributed by atoms with van der Waals surface area (Å²) in [6, 6.07) is 0. The Morgan fingerprint density at radius 1 is 1.39 bits per heavy atom. The van der Waals surface area contributed by atoms with Gasteiger partial charge in [0.1, 0.15) is 5.01 Å². The SMILES string of the molecule is Cc1nnc(NC(=O)CSCCCCC(=O)O)s1. The van der Waals surface area contributed by atoms with Crippen molar-refractivity contribution in [3.05, 3.63) is 5.01 Å². The minimum absolute atomic E-state index is 0.102. The molecule has 1 aromatic heterocycles. The molecule has 1 aromatic rings. The predicted octanol–water partition coefficient (Wildman–Crippen LogP) is 1.77. The molecule has 0 saturated carbocycles. The van der Waals surface area contributed by atoms with Crippen LogP contribution in [-0.2, 0) is 9.59 Å². The number of aromatic nitrogens is 2. The molecule has 0 aromatic carbocycles. The molecule has 18 heavy (non-hydrogen) atoms. The molecule has 1 rings (SSSR count). The highest BCUT2D eigenvalue weighted by molar-refractivity contribution is 7.99. The zero-order valence-electron chi connectivity index (χ0n) is 10.0. The van der Waals surface area contributed by atoms with Crippen LogP contribution in [0.15, 0.2) is 0 Å². The second-order valence-electron chi connectivity index (χ2n) is 3.58. The van der Waals surface area contributed by atoms with E-state index in [9.17, 15) is 9.59 Å². The van der Waals surface area contributed by atoms with Crippen LogP contribution in [0.4, 0.5) is 5.13 Å². The summed E-state index contributed by atoms with van der Waals surface area (Å²) in [6.45, 7) is 1.82. The molecule has 0 saturated heterocycles. The largest absolute Gasteiger partial charge is 0.481 e. The molecule has 8 heteroatoms. The van der Waals surface area contributed by atoms with E-state index in [0.29, 0.717) is 17.3 Å². The van der Waals surface area contributed by atoms with E-state index in [1.54, 1.807) is 0 Å². The van der Waals surface area contributed by atoms with Gasteiger partial charge < -0.3 is 5.11 Å². The van der Waals surface area contributed by atoms with E-state index in [-0.39, 0.29) is 12.3 Å². The average Bonchev–Trinajstić information content (AvgIpc) is 2.68. The Kier molecular flexibility index (Phi) is 6.66. The fraction of sp³-hybridized carbons (Fsp3) is 0.600. The van der Waals surface area contributed by atoms with Crippen LogP contribution < -0.4 is 5.32 Å². The van der Waals surface area contributed by atoms with Crippen LogP contribution >= 0.6 is 23.1 Å². The number of nitrogens with one attached hydrogen (secondary N) is 1. The predicted molar refractivity (Wildman–Crippen MR) is 72.1 cm³/mol. The number of aliphatic carboxylic acids is 1. The maximum absolute atomic E-state index is 11.5. The summed E-state index contributed by atoms with van der Waals surface area (Å²) < 4.78 is 0. The molecule has 0 spiro atoms. The molecule has 0 radical (unpaired) electrons. The number of carbonyl (C=O) groups is 2. The number of hydrogen-bond donors (Lipinski definition) is 2. The molecule has 1 heterocycles. The third kappa shape index (κ3) is 6.55. The average molecular weight is 289 g/mol. The van der Waals surface area contributed by atoms with Gasteiger partial charge in [-0.05, 0) is 25.5 Å². The van der Waals surface area contributed by atoms with Crippen molar-refractivity contribution in [2.45, 2.75) is 26.2 Å². The van der Waals surface area contributed by atoms with Crippen molar-refractivity contribution in [2.75, 3.05) is 16.8 Å². The molecule has 0 atom stereocenters. The molecule has 0 unspecified atom stereocenters. The highest BCUT2D eigenvalue weighted by Gasteiger charge is 2.06. The van der Waals surface area contributed by atoms with Crippen molar-refractivity contribution < 1.29 is 14.7 Å². The monoisotopic (exact) mass is 289 g/mol. The van der Waals surface area contributed by atoms with E-state index in [2.05, 4.69) is 15.5 Å². The normalized spacial score (nSPS) is 10.3. The highest BCUT2D eigenvalue weighted by atomic mass is 32.2. The molecule has 0 bridgehead atoms. The second-order valence-corrected chi connectivity index (χ2v) is 5.86. The Balaban J connectivity index is 2.05. The summed E-state index contributed by atoms with van der Waals surface area (Å²) >= 11 is 2.83. The van der Waals surface area contributed by atoms with Gasteiger partial charge in [0.05, 0.1) is 5.75 Å². The summed E-state index contributed by atoms with van der Waals surface area (Å²) in [5.41, 5.74) is 0. The molecule has 6 nitrogen and oxygen atoms in total. The zero-order chi connectivity index (χ0) is 13.4. The Hall–Kier alpha value is -1.15. The Bertz CT molecular complexity index is 409. The molecule has 2 N–H and O–H groups in total. The van der Waals surface area contributed by atoms with Crippen LogP contribution in [0.3, 0.4) is 0 Å². The molecule has 0 aliphatic rings. The van der Waals surface area contributed by atoms with Crippen molar-refractivity contribution in [3.8, 4) is 0 Å². The number of carboxylic acid groups (broad SMARTS) is 1. The van der Waals surface area contributed by atoms with Gasteiger partial charge in [-0.1, -0.05) is 11.3 Å². The van der Waals surface area contributed by atoms with E-state index >= 15 is 0 Å². The van der Waals surface area contributed by atoms with E-state index in [0.717, 1.165) is 17.2 Å². The quantitative estimate of drug-likeness (QED) is 0.709. The van der Waals surface area contributed by atoms with Gasteiger partial charge in [-0.2, -0.15) is 11.8 Å². The number of carboxylic acids is 1. The maximum atomic E-state index is 11.5. The summed E-state index contributed by atoms with van der Waals surface area (Å²) in [6.07, 6.45) is 1.65. The van der Waals surface area contributed by atoms with Gasteiger partial charge in [-0.3, -0.25) is 14.9 Å². The standard InChI is InChI=1S/C10H15N3O3S2/c1-7-12-13-10(18-7)11-8(14)6-17-5-3-2-4-9(15)16/h2-6H2,1H3,(H,15,16)(H,11,13,14). The van der Waals surface area contributed by atoms with Crippen molar-refractivity contribution in [2.24, 2.45) is 0 Å². The van der Waals surface area contributed by atoms with Crippen LogP contribution in [0.5, 0.6) is 0 Å². The first kappa shape index (κ1) is 14.9. The highest BCUT2D eigenvalue weighted by Crippen LogP contribution is 2.14. The minimum Gasteiger partial charge on any atom is -0.481 e. The Morgan fingerprint density at radius 3 is 2.78 bits per heavy atom. The fourth-order valence-electron chi connectivity index (χ4n) is 1.15. The van der Waals surface area contributed by atoms with E-state index in [4.69, 9.17) is 5.11 Å². The maximum Gasteiger partial charge on any atom is 0.303 e. The first-order chi connectivity index (χ1) is 8.58. The van der Waals surface area contributed by atoms with Gasteiger partial charge in [0.2, 0.25) is 11.0 Å².